The number of amides is 1. The molecule has 0 spiro atoms. The summed E-state index contributed by atoms with van der Waals surface area (Å²) in [5.41, 5.74) is 5.10. The van der Waals surface area contributed by atoms with E-state index in [1.165, 1.54) is 11.8 Å². The molecule has 7 nitrogen and oxygen atoms in total. The van der Waals surface area contributed by atoms with Gasteiger partial charge in [0, 0.05) is 19.0 Å². The molecule has 0 N–H and O–H groups in total. The van der Waals surface area contributed by atoms with Crippen molar-refractivity contribution in [3.8, 4) is 17.1 Å². The number of rotatable bonds is 7. The number of carbonyl (C=O) groups excluding carboxylic acids is 1. The Kier molecular flexibility index (Phi) is 6.86. The summed E-state index contributed by atoms with van der Waals surface area (Å²) in [7, 11) is 3.57. The maximum atomic E-state index is 13.5. The lowest BCUT2D eigenvalue weighted by molar-refractivity contribution is -0.130. The second-order valence-electron chi connectivity index (χ2n) is 8.61. The van der Waals surface area contributed by atoms with Crippen molar-refractivity contribution in [1.82, 2.24) is 19.8 Å². The summed E-state index contributed by atoms with van der Waals surface area (Å²) in [6.45, 7) is 2.05. The Bertz CT molecular complexity index is 1400. The predicted octanol–water partition coefficient (Wildman–Crippen LogP) is 5.27. The van der Waals surface area contributed by atoms with Crippen LogP contribution in [0.4, 0.5) is 0 Å². The fourth-order valence-electron chi connectivity index (χ4n) is 4.32. The van der Waals surface area contributed by atoms with E-state index in [2.05, 4.69) is 23.2 Å². The van der Waals surface area contributed by atoms with Crippen LogP contribution in [0.25, 0.3) is 11.4 Å². The summed E-state index contributed by atoms with van der Waals surface area (Å²) in [5.74, 6) is 1.69. The van der Waals surface area contributed by atoms with E-state index in [9.17, 15) is 4.79 Å². The Labute approximate surface area is 214 Å². The van der Waals surface area contributed by atoms with Gasteiger partial charge in [0.25, 0.3) is 5.91 Å². The molecule has 1 aromatic heterocycles. The first-order chi connectivity index (χ1) is 17.5. The molecule has 0 unspecified atom stereocenters. The average Bonchev–Trinajstić information content (AvgIpc) is 3.52. The summed E-state index contributed by atoms with van der Waals surface area (Å²) in [6, 6.07) is 25.7. The van der Waals surface area contributed by atoms with Crippen molar-refractivity contribution in [2.45, 2.75) is 24.5 Å². The van der Waals surface area contributed by atoms with E-state index in [1.807, 2.05) is 84.4 Å². The third kappa shape index (κ3) is 4.77. The van der Waals surface area contributed by atoms with E-state index in [-0.39, 0.29) is 17.7 Å². The molecule has 2 heterocycles. The van der Waals surface area contributed by atoms with Crippen molar-refractivity contribution in [3.05, 3.63) is 95.6 Å². The minimum atomic E-state index is -0.179. The van der Waals surface area contributed by atoms with Gasteiger partial charge >= 0.3 is 0 Å². The zero-order chi connectivity index (χ0) is 25.1. The Morgan fingerprint density at radius 3 is 2.44 bits per heavy atom. The second-order valence-corrected chi connectivity index (χ2v) is 9.56. The number of hydrogen-bond donors (Lipinski definition) is 0. The molecule has 8 heteroatoms. The molecule has 5 rings (SSSR count). The number of hydrazone groups is 1. The molecule has 1 aliphatic heterocycles. The van der Waals surface area contributed by atoms with Gasteiger partial charge in [-0.25, -0.2) is 5.01 Å². The molecule has 1 atom stereocenters. The predicted molar refractivity (Wildman–Crippen MR) is 142 cm³/mol. The topological polar surface area (TPSA) is 72.6 Å². The monoisotopic (exact) mass is 497 g/mol. The van der Waals surface area contributed by atoms with Gasteiger partial charge in [-0.15, -0.1) is 10.2 Å². The van der Waals surface area contributed by atoms with E-state index in [4.69, 9.17) is 9.84 Å². The molecule has 182 valence electrons. The van der Waals surface area contributed by atoms with E-state index < -0.39 is 0 Å². The molecule has 0 saturated carbocycles. The first-order valence-electron chi connectivity index (χ1n) is 11.7. The highest BCUT2D eigenvalue weighted by Gasteiger charge is 2.33. The molecule has 1 aliphatic rings. The van der Waals surface area contributed by atoms with E-state index >= 15 is 0 Å². The van der Waals surface area contributed by atoms with Gasteiger partial charge in [0.1, 0.15) is 5.75 Å². The number of aromatic nitrogens is 3. The Hall–Kier alpha value is -3.91. The molecule has 36 heavy (non-hydrogen) atoms. The lowest BCUT2D eigenvalue weighted by atomic mass is 9.98. The SMILES string of the molecule is COc1ccc([C@@H]2CC(c3ccccc3)=NN2C(=O)CSc2nnc(-c3ccccc3C)n2C)cc1. The number of ether oxygens (including phenoxy) is 1. The van der Waals surface area contributed by atoms with Crippen LogP contribution in [-0.4, -0.2) is 44.3 Å². The maximum absolute atomic E-state index is 13.5. The van der Waals surface area contributed by atoms with Crippen molar-refractivity contribution in [1.29, 1.82) is 0 Å². The fraction of sp³-hybridized carbons (Fsp3) is 0.214. The highest BCUT2D eigenvalue weighted by atomic mass is 32.2. The maximum Gasteiger partial charge on any atom is 0.253 e. The zero-order valence-corrected chi connectivity index (χ0v) is 21.3. The Morgan fingerprint density at radius 2 is 1.72 bits per heavy atom. The van der Waals surface area contributed by atoms with Gasteiger partial charge in [-0.3, -0.25) is 4.79 Å². The van der Waals surface area contributed by atoms with Gasteiger partial charge in [0.05, 0.1) is 24.6 Å². The number of nitrogens with zero attached hydrogens (tertiary/aromatic N) is 5. The normalized spacial score (nSPS) is 15.1. The highest BCUT2D eigenvalue weighted by Crippen LogP contribution is 2.34. The molecule has 4 aromatic rings. The van der Waals surface area contributed by atoms with Gasteiger partial charge in [-0.2, -0.15) is 5.10 Å². The summed E-state index contributed by atoms with van der Waals surface area (Å²) in [6.07, 6.45) is 0.647. The summed E-state index contributed by atoms with van der Waals surface area (Å²) in [5, 5.41) is 15.8. The van der Waals surface area contributed by atoms with Crippen molar-refractivity contribution >= 4 is 23.4 Å². The third-order valence-corrected chi connectivity index (χ3v) is 7.32. The summed E-state index contributed by atoms with van der Waals surface area (Å²) < 4.78 is 7.24. The molecule has 3 aromatic carbocycles. The van der Waals surface area contributed by atoms with Crippen LogP contribution in [0, 0.1) is 6.92 Å². The molecular weight excluding hydrogens is 470 g/mol. The standard InChI is InChI=1S/C28H27N5O2S/c1-19-9-7-8-12-23(19)27-29-30-28(32(27)2)36-18-26(34)33-25(21-13-15-22(35-3)16-14-21)17-24(31-33)20-10-5-4-6-11-20/h4-16,25H,17-18H2,1-3H3/t25-/m0/s1. The smallest absolute Gasteiger partial charge is 0.253 e. The van der Waals surface area contributed by atoms with Crippen LogP contribution in [0.1, 0.15) is 29.2 Å². The number of thioether (sulfide) groups is 1. The molecule has 0 radical (unpaired) electrons. The minimum absolute atomic E-state index is 0.0767. The summed E-state index contributed by atoms with van der Waals surface area (Å²) in [4.78, 5) is 13.5. The van der Waals surface area contributed by atoms with Crippen LogP contribution in [0.3, 0.4) is 0 Å². The minimum Gasteiger partial charge on any atom is -0.497 e. The zero-order valence-electron chi connectivity index (χ0n) is 20.5. The van der Waals surface area contributed by atoms with Crippen molar-refractivity contribution in [3.63, 3.8) is 0 Å². The number of carbonyl (C=O) groups is 1. The van der Waals surface area contributed by atoms with Gasteiger partial charge in [0.2, 0.25) is 0 Å². The fourth-order valence-corrected chi connectivity index (χ4v) is 5.09. The molecule has 0 bridgehead atoms. The lowest BCUT2D eigenvalue weighted by Crippen LogP contribution is -2.28. The molecular formula is C28H27N5O2S. The summed E-state index contributed by atoms with van der Waals surface area (Å²) >= 11 is 1.37. The van der Waals surface area contributed by atoms with Crippen LogP contribution in [-0.2, 0) is 11.8 Å². The van der Waals surface area contributed by atoms with Gasteiger partial charge in [-0.05, 0) is 35.7 Å². The van der Waals surface area contributed by atoms with Crippen LogP contribution in [0.2, 0.25) is 0 Å². The number of benzene rings is 3. The van der Waals surface area contributed by atoms with Gasteiger partial charge < -0.3 is 9.30 Å². The Balaban J connectivity index is 1.37. The quantitative estimate of drug-likeness (QED) is 0.325. The van der Waals surface area contributed by atoms with Crippen molar-refractivity contribution in [2.24, 2.45) is 12.1 Å². The lowest BCUT2D eigenvalue weighted by Gasteiger charge is -2.22. The average molecular weight is 498 g/mol. The molecule has 1 amide bonds. The van der Waals surface area contributed by atoms with Crippen LogP contribution >= 0.6 is 11.8 Å². The van der Waals surface area contributed by atoms with E-state index in [0.29, 0.717) is 11.6 Å². The first-order valence-corrected chi connectivity index (χ1v) is 12.7. The van der Waals surface area contributed by atoms with Crippen LogP contribution in [0.5, 0.6) is 5.75 Å². The number of hydrogen-bond acceptors (Lipinski definition) is 6. The van der Waals surface area contributed by atoms with Gasteiger partial charge in [-0.1, -0.05) is 78.5 Å². The second kappa shape index (κ2) is 10.4. The van der Waals surface area contributed by atoms with Crippen molar-refractivity contribution < 1.29 is 9.53 Å². The largest absolute Gasteiger partial charge is 0.497 e. The third-order valence-electron chi connectivity index (χ3n) is 6.32. The number of aryl methyl sites for hydroxylation is 1. The first kappa shape index (κ1) is 23.8. The van der Waals surface area contributed by atoms with E-state index in [1.54, 1.807) is 12.1 Å². The molecule has 0 fully saturated rings. The molecule has 0 aliphatic carbocycles. The van der Waals surface area contributed by atoms with E-state index in [0.717, 1.165) is 39.5 Å². The highest BCUT2D eigenvalue weighted by molar-refractivity contribution is 7.99. The van der Waals surface area contributed by atoms with Crippen LogP contribution in [0.15, 0.2) is 89.1 Å². The Morgan fingerprint density at radius 1 is 1.00 bits per heavy atom. The number of methoxy groups -OCH3 is 1. The molecule has 0 saturated heterocycles. The van der Waals surface area contributed by atoms with Crippen molar-refractivity contribution in [2.75, 3.05) is 12.9 Å². The van der Waals surface area contributed by atoms with Gasteiger partial charge in [0.15, 0.2) is 11.0 Å². The van der Waals surface area contributed by atoms with Crippen LogP contribution < -0.4 is 4.74 Å².